The van der Waals surface area contributed by atoms with Crippen molar-refractivity contribution in [2.45, 2.75) is 19.3 Å². The fraction of sp³-hybridized carbons (Fsp3) is 0.400. The van der Waals surface area contributed by atoms with Gasteiger partial charge in [-0.3, -0.25) is 14.3 Å². The van der Waals surface area contributed by atoms with Gasteiger partial charge in [0.25, 0.3) is 5.56 Å². The Morgan fingerprint density at radius 2 is 2.24 bits per heavy atom. The molecule has 7 heteroatoms. The average molecular weight is 264 g/mol. The summed E-state index contributed by atoms with van der Waals surface area (Å²) in [6, 6.07) is 0. The molecule has 0 spiro atoms. The Balaban J connectivity index is 0.00000144. The average Bonchev–Trinajstić information content (AvgIpc) is 2.71. The molecule has 1 aliphatic rings. The van der Waals surface area contributed by atoms with Gasteiger partial charge in [0.2, 0.25) is 0 Å². The van der Waals surface area contributed by atoms with Crippen molar-refractivity contribution in [3.05, 3.63) is 44.8 Å². The van der Waals surface area contributed by atoms with E-state index in [1.807, 2.05) is 0 Å². The van der Waals surface area contributed by atoms with Crippen molar-refractivity contribution < 1.29 is 62.7 Å². The third kappa shape index (κ3) is 3.25. The molecule has 0 unspecified atom stereocenters. The molecule has 2 N–H and O–H groups in total. The second kappa shape index (κ2) is 6.23. The van der Waals surface area contributed by atoms with Gasteiger partial charge in [0.05, 0.1) is 6.61 Å². The molecule has 0 bridgehead atoms. The zero-order chi connectivity index (χ0) is 11.7. The SMILES string of the molecule is Cc1cn([C@H]2C=C[C@@H](CO)O2)c(=O)[nH]c1=O.[H-].[K+]. The van der Waals surface area contributed by atoms with E-state index in [0.29, 0.717) is 5.56 Å². The van der Waals surface area contributed by atoms with E-state index in [0.717, 1.165) is 0 Å². The number of aliphatic hydroxyl groups is 1. The van der Waals surface area contributed by atoms with Gasteiger partial charge >= 0.3 is 57.1 Å². The molecular weight excluding hydrogens is 251 g/mol. The van der Waals surface area contributed by atoms with Gasteiger partial charge in [0.1, 0.15) is 6.10 Å². The molecule has 0 fully saturated rings. The van der Waals surface area contributed by atoms with Crippen molar-refractivity contribution in [1.29, 1.82) is 0 Å². The predicted molar refractivity (Wildman–Crippen MR) is 57.3 cm³/mol. The molecule has 1 aromatic rings. The minimum absolute atomic E-state index is 0. The predicted octanol–water partition coefficient (Wildman–Crippen LogP) is -3.59. The zero-order valence-electron chi connectivity index (χ0n) is 10.7. The van der Waals surface area contributed by atoms with E-state index in [1.54, 1.807) is 19.1 Å². The van der Waals surface area contributed by atoms with Crippen molar-refractivity contribution in [3.63, 3.8) is 0 Å². The van der Waals surface area contributed by atoms with E-state index in [-0.39, 0.29) is 59.4 Å². The Morgan fingerprint density at radius 1 is 1.53 bits per heavy atom. The molecule has 2 atom stereocenters. The van der Waals surface area contributed by atoms with Crippen molar-refractivity contribution in [3.8, 4) is 0 Å². The van der Waals surface area contributed by atoms with Crippen LogP contribution in [0.15, 0.2) is 27.9 Å². The summed E-state index contributed by atoms with van der Waals surface area (Å²) in [4.78, 5) is 24.9. The molecular formula is C10H13KN2O4. The van der Waals surface area contributed by atoms with Gasteiger partial charge in [-0.15, -0.1) is 0 Å². The molecule has 2 heterocycles. The van der Waals surface area contributed by atoms with Gasteiger partial charge in [-0.25, -0.2) is 4.79 Å². The first-order chi connectivity index (χ1) is 7.61. The molecule has 0 aliphatic carbocycles. The largest absolute Gasteiger partial charge is 1.00 e. The standard InChI is InChI=1S/C10H12N2O4.K.H/c1-6-4-12(10(15)11-9(6)14)8-3-2-7(5-13)16-8;;/h2-4,7-8,13H,5H2,1H3,(H,11,14,15);;/q;+1;-1/t7-,8+;;/m0../s1. The summed E-state index contributed by atoms with van der Waals surface area (Å²) in [5, 5.41) is 8.88. The molecule has 2 rings (SSSR count). The molecule has 0 saturated heterocycles. The van der Waals surface area contributed by atoms with Crippen LogP contribution in [-0.4, -0.2) is 27.4 Å². The molecule has 1 aromatic heterocycles. The summed E-state index contributed by atoms with van der Waals surface area (Å²) in [7, 11) is 0. The number of aryl methyl sites for hydroxylation is 1. The number of nitrogens with one attached hydrogen (secondary N) is 1. The molecule has 17 heavy (non-hydrogen) atoms. The normalized spacial score (nSPS) is 22.5. The second-order valence-corrected chi connectivity index (χ2v) is 3.61. The van der Waals surface area contributed by atoms with Gasteiger partial charge < -0.3 is 11.3 Å². The van der Waals surface area contributed by atoms with Gasteiger partial charge in [-0.2, -0.15) is 0 Å². The van der Waals surface area contributed by atoms with E-state index >= 15 is 0 Å². The van der Waals surface area contributed by atoms with Crippen LogP contribution in [0.4, 0.5) is 0 Å². The summed E-state index contributed by atoms with van der Waals surface area (Å²) < 4.78 is 6.63. The number of aromatic nitrogens is 2. The topological polar surface area (TPSA) is 84.3 Å². The van der Waals surface area contributed by atoms with Crippen molar-refractivity contribution >= 4 is 0 Å². The summed E-state index contributed by atoms with van der Waals surface area (Å²) >= 11 is 0. The number of H-pyrrole nitrogens is 1. The van der Waals surface area contributed by atoms with E-state index in [1.165, 1.54) is 10.8 Å². The molecule has 0 aromatic carbocycles. The summed E-state index contributed by atoms with van der Waals surface area (Å²) in [6.07, 6.45) is 3.82. The number of hydrogen-bond donors (Lipinski definition) is 2. The van der Waals surface area contributed by atoms with Gasteiger partial charge in [-0.1, -0.05) is 6.08 Å². The van der Waals surface area contributed by atoms with Crippen LogP contribution in [0, 0.1) is 6.92 Å². The van der Waals surface area contributed by atoms with Crippen LogP contribution in [0.3, 0.4) is 0 Å². The molecule has 0 saturated carbocycles. The molecule has 1 aliphatic heterocycles. The Hall–Kier alpha value is -0.0236. The zero-order valence-corrected chi connectivity index (χ0v) is 12.8. The van der Waals surface area contributed by atoms with Crippen LogP contribution < -0.4 is 62.6 Å². The van der Waals surface area contributed by atoms with E-state index in [4.69, 9.17) is 9.84 Å². The first-order valence-electron chi connectivity index (χ1n) is 4.88. The van der Waals surface area contributed by atoms with E-state index in [2.05, 4.69) is 4.98 Å². The number of aromatic amines is 1. The fourth-order valence-corrected chi connectivity index (χ4v) is 1.53. The van der Waals surface area contributed by atoms with Crippen molar-refractivity contribution in [2.75, 3.05) is 6.61 Å². The summed E-state index contributed by atoms with van der Waals surface area (Å²) in [5.74, 6) is 0. The Labute approximate surface area is 141 Å². The number of rotatable bonds is 2. The minimum atomic E-state index is -0.569. The smallest absolute Gasteiger partial charge is 1.00 e. The van der Waals surface area contributed by atoms with Crippen LogP contribution in [0.1, 0.15) is 13.2 Å². The van der Waals surface area contributed by atoms with Crippen LogP contribution in [0.5, 0.6) is 0 Å². The van der Waals surface area contributed by atoms with Crippen LogP contribution in [0.25, 0.3) is 0 Å². The summed E-state index contributed by atoms with van der Waals surface area (Å²) in [6.45, 7) is 1.47. The number of aliphatic hydroxyl groups excluding tert-OH is 1. The molecule has 6 nitrogen and oxygen atoms in total. The summed E-state index contributed by atoms with van der Waals surface area (Å²) in [5.41, 5.74) is -0.491. The maximum atomic E-state index is 11.5. The van der Waals surface area contributed by atoms with Crippen molar-refractivity contribution in [2.24, 2.45) is 0 Å². The molecule has 0 amide bonds. The fourth-order valence-electron chi connectivity index (χ4n) is 1.53. The maximum Gasteiger partial charge on any atom is 1.00 e. The molecule has 0 radical (unpaired) electrons. The monoisotopic (exact) mass is 264 g/mol. The second-order valence-electron chi connectivity index (χ2n) is 3.61. The Bertz CT molecular complexity index is 539. The quantitative estimate of drug-likeness (QED) is 0.427. The number of nitrogens with zero attached hydrogens (tertiary/aromatic N) is 1. The third-order valence-corrected chi connectivity index (χ3v) is 2.40. The van der Waals surface area contributed by atoms with Crippen LogP contribution >= 0.6 is 0 Å². The maximum absolute atomic E-state index is 11.5. The number of hydrogen-bond acceptors (Lipinski definition) is 4. The first-order valence-corrected chi connectivity index (χ1v) is 4.88. The third-order valence-electron chi connectivity index (χ3n) is 2.40. The minimum Gasteiger partial charge on any atom is -1.00 e. The Morgan fingerprint density at radius 3 is 2.82 bits per heavy atom. The van der Waals surface area contributed by atoms with Crippen molar-refractivity contribution in [1.82, 2.24) is 9.55 Å². The number of ether oxygens (including phenoxy) is 1. The van der Waals surface area contributed by atoms with Gasteiger partial charge in [0.15, 0.2) is 6.23 Å². The molecule has 88 valence electrons. The van der Waals surface area contributed by atoms with Gasteiger partial charge in [0, 0.05) is 11.8 Å². The van der Waals surface area contributed by atoms with E-state index < -0.39 is 23.6 Å². The van der Waals surface area contributed by atoms with Crippen LogP contribution in [-0.2, 0) is 4.74 Å². The van der Waals surface area contributed by atoms with Gasteiger partial charge in [-0.05, 0) is 13.0 Å². The van der Waals surface area contributed by atoms with Crippen LogP contribution in [0.2, 0.25) is 0 Å². The van der Waals surface area contributed by atoms with E-state index in [9.17, 15) is 9.59 Å². The first kappa shape index (κ1) is 15.0. The Kier molecular flexibility index (Phi) is 5.51.